The van der Waals surface area contributed by atoms with Crippen LogP contribution in [-0.4, -0.2) is 29.4 Å². The van der Waals surface area contributed by atoms with Gasteiger partial charge in [-0.25, -0.2) is 15.8 Å². The van der Waals surface area contributed by atoms with Gasteiger partial charge in [0.2, 0.25) is 0 Å². The zero-order valence-corrected chi connectivity index (χ0v) is 11.7. The highest BCUT2D eigenvalue weighted by Gasteiger charge is 2.27. The van der Waals surface area contributed by atoms with Crippen LogP contribution in [0.1, 0.15) is 36.3 Å². The van der Waals surface area contributed by atoms with Gasteiger partial charge in [0, 0.05) is 17.7 Å². The van der Waals surface area contributed by atoms with E-state index in [-0.39, 0.29) is 13.0 Å². The molecule has 1 heterocycles. The summed E-state index contributed by atoms with van der Waals surface area (Å²) in [5.74, 6) is 6.53. The molecule has 0 aliphatic heterocycles. The lowest BCUT2D eigenvalue weighted by Crippen LogP contribution is -2.19. The normalized spacial score (nSPS) is 15.4. The van der Waals surface area contributed by atoms with Crippen molar-refractivity contribution in [1.82, 2.24) is 9.97 Å². The number of hydrogen-bond donors (Lipinski definition) is 2. The molecule has 0 aromatic carbocycles. The Morgan fingerprint density at radius 3 is 2.62 bits per heavy atom. The lowest BCUT2D eigenvalue weighted by molar-refractivity contribution is -0.173. The van der Waals surface area contributed by atoms with Gasteiger partial charge in [-0.15, -0.1) is 0 Å². The number of nitrogens with zero attached hydrogens (tertiary/aromatic N) is 2. The largest absolute Gasteiger partial charge is 0.411 e. The number of aromatic nitrogens is 2. The van der Waals surface area contributed by atoms with E-state index in [0.29, 0.717) is 11.6 Å². The Bertz CT molecular complexity index is 479. The Morgan fingerprint density at radius 2 is 1.90 bits per heavy atom. The third-order valence-corrected chi connectivity index (χ3v) is 3.35. The zero-order valence-electron chi connectivity index (χ0n) is 11.7. The van der Waals surface area contributed by atoms with E-state index in [4.69, 9.17) is 5.84 Å². The molecule has 0 fully saturated rings. The molecule has 21 heavy (non-hydrogen) atoms. The van der Waals surface area contributed by atoms with Gasteiger partial charge in [-0.1, -0.05) is 6.42 Å². The molecular formula is C13H19F3N4O. The van der Waals surface area contributed by atoms with Gasteiger partial charge < -0.3 is 10.2 Å². The summed E-state index contributed by atoms with van der Waals surface area (Å²) < 4.78 is 40.6. The number of hydrogen-bond acceptors (Lipinski definition) is 5. The average molecular weight is 304 g/mol. The molecule has 0 unspecified atom stereocenters. The van der Waals surface area contributed by atoms with E-state index in [9.17, 15) is 13.2 Å². The van der Waals surface area contributed by atoms with Gasteiger partial charge >= 0.3 is 6.18 Å². The minimum atomic E-state index is -4.31. The molecule has 0 saturated carbocycles. The Kier molecular flexibility index (Phi) is 5.35. The molecule has 0 atom stereocenters. The molecule has 118 valence electrons. The van der Waals surface area contributed by atoms with Crippen molar-refractivity contribution in [3.63, 3.8) is 0 Å². The first-order valence-corrected chi connectivity index (χ1v) is 6.99. The van der Waals surface area contributed by atoms with Crippen molar-refractivity contribution in [2.45, 2.75) is 44.7 Å². The van der Waals surface area contributed by atoms with E-state index in [1.54, 1.807) is 0 Å². The number of alkyl halides is 3. The number of halogens is 3. The molecule has 2 rings (SSSR count). The van der Waals surface area contributed by atoms with E-state index < -0.39 is 12.8 Å². The summed E-state index contributed by atoms with van der Waals surface area (Å²) >= 11 is 0. The molecule has 8 heteroatoms. The summed E-state index contributed by atoms with van der Waals surface area (Å²) in [6.07, 6.45) is 0.904. The molecule has 0 radical (unpaired) electrons. The number of nitrogens with two attached hydrogens (primary N) is 1. The van der Waals surface area contributed by atoms with Gasteiger partial charge in [0.05, 0.1) is 6.61 Å². The molecule has 1 aromatic heterocycles. The first kappa shape index (κ1) is 16.0. The van der Waals surface area contributed by atoms with Crippen LogP contribution in [0.3, 0.4) is 0 Å². The van der Waals surface area contributed by atoms with Gasteiger partial charge in [0.25, 0.3) is 0 Å². The molecule has 3 N–H and O–H groups in total. The third kappa shape index (κ3) is 4.82. The first-order valence-electron chi connectivity index (χ1n) is 6.99. The van der Waals surface area contributed by atoms with Crippen LogP contribution in [0.5, 0.6) is 0 Å². The second-order valence-electron chi connectivity index (χ2n) is 5.04. The molecular weight excluding hydrogens is 285 g/mol. The summed E-state index contributed by atoms with van der Waals surface area (Å²) in [6, 6.07) is 0. The van der Waals surface area contributed by atoms with E-state index in [2.05, 4.69) is 20.1 Å². The van der Waals surface area contributed by atoms with E-state index in [1.807, 2.05) is 0 Å². The van der Waals surface area contributed by atoms with Crippen molar-refractivity contribution in [3.05, 3.63) is 17.1 Å². The second-order valence-corrected chi connectivity index (χ2v) is 5.04. The van der Waals surface area contributed by atoms with Gasteiger partial charge in [0.15, 0.2) is 0 Å². The van der Waals surface area contributed by atoms with Crippen LogP contribution in [0.25, 0.3) is 0 Å². The third-order valence-electron chi connectivity index (χ3n) is 3.35. The Balaban J connectivity index is 2.02. The molecule has 0 saturated heterocycles. The number of anilines is 1. The monoisotopic (exact) mass is 304 g/mol. The fraction of sp³-hybridized carbons (Fsp3) is 0.692. The Morgan fingerprint density at radius 1 is 1.14 bits per heavy atom. The fourth-order valence-corrected chi connectivity index (χ4v) is 2.40. The van der Waals surface area contributed by atoms with Crippen molar-refractivity contribution in [2.24, 2.45) is 5.84 Å². The molecule has 1 aromatic rings. The van der Waals surface area contributed by atoms with Gasteiger partial charge in [-0.3, -0.25) is 0 Å². The molecule has 0 bridgehead atoms. The summed E-state index contributed by atoms with van der Waals surface area (Å²) in [5, 5.41) is 0. The number of ether oxygens (including phenoxy) is 1. The van der Waals surface area contributed by atoms with Crippen LogP contribution in [0.2, 0.25) is 0 Å². The highest BCUT2D eigenvalue weighted by Crippen LogP contribution is 2.24. The summed E-state index contributed by atoms with van der Waals surface area (Å²) in [7, 11) is 0. The predicted octanol–water partition coefficient (Wildman–Crippen LogP) is 2.15. The SMILES string of the molecule is NNc1nc(CCOCC(F)(F)F)nc2c1CCCCC2. The van der Waals surface area contributed by atoms with Crippen molar-refractivity contribution in [2.75, 3.05) is 18.6 Å². The minimum absolute atomic E-state index is 0.0672. The lowest BCUT2D eigenvalue weighted by atomic mass is 10.1. The second kappa shape index (κ2) is 7.04. The van der Waals surface area contributed by atoms with E-state index in [1.165, 1.54) is 0 Å². The Hall–Kier alpha value is -1.41. The van der Waals surface area contributed by atoms with Crippen LogP contribution in [0.4, 0.5) is 19.0 Å². The number of rotatable bonds is 5. The van der Waals surface area contributed by atoms with Crippen molar-refractivity contribution in [1.29, 1.82) is 0 Å². The molecule has 5 nitrogen and oxygen atoms in total. The summed E-state index contributed by atoms with van der Waals surface area (Å²) in [4.78, 5) is 8.72. The van der Waals surface area contributed by atoms with Crippen LogP contribution in [0.15, 0.2) is 0 Å². The number of aryl methyl sites for hydroxylation is 1. The van der Waals surface area contributed by atoms with Crippen LogP contribution >= 0.6 is 0 Å². The molecule has 0 spiro atoms. The van der Waals surface area contributed by atoms with E-state index >= 15 is 0 Å². The average Bonchev–Trinajstić information content (AvgIpc) is 2.67. The van der Waals surface area contributed by atoms with Gasteiger partial charge in [0.1, 0.15) is 18.2 Å². The van der Waals surface area contributed by atoms with Crippen molar-refractivity contribution >= 4 is 5.82 Å². The standard InChI is InChI=1S/C13H19F3N4O/c14-13(15,16)8-21-7-6-11-18-10-5-3-1-2-4-9(10)12(19-11)20-17/h1-8,17H2,(H,18,19,20). The van der Waals surface area contributed by atoms with Crippen LogP contribution in [0, 0.1) is 0 Å². The molecule has 1 aliphatic carbocycles. The maximum Gasteiger partial charge on any atom is 0.411 e. The number of fused-ring (bicyclic) bond motifs is 1. The summed E-state index contributed by atoms with van der Waals surface area (Å²) in [6.45, 7) is -1.32. The molecule has 1 aliphatic rings. The van der Waals surface area contributed by atoms with Gasteiger partial charge in [-0.2, -0.15) is 13.2 Å². The van der Waals surface area contributed by atoms with Crippen LogP contribution < -0.4 is 11.3 Å². The minimum Gasteiger partial charge on any atom is -0.372 e. The number of hydrazine groups is 1. The Labute approximate surface area is 121 Å². The quantitative estimate of drug-likeness (QED) is 0.377. The maximum atomic E-state index is 12.0. The summed E-state index contributed by atoms with van der Waals surface area (Å²) in [5.41, 5.74) is 4.53. The topological polar surface area (TPSA) is 73.1 Å². The predicted molar refractivity (Wildman–Crippen MR) is 71.7 cm³/mol. The zero-order chi connectivity index (χ0) is 15.3. The van der Waals surface area contributed by atoms with Gasteiger partial charge in [-0.05, 0) is 25.7 Å². The number of nitrogens with one attached hydrogen (secondary N) is 1. The fourth-order valence-electron chi connectivity index (χ4n) is 2.40. The highest BCUT2D eigenvalue weighted by molar-refractivity contribution is 5.46. The lowest BCUT2D eigenvalue weighted by Gasteiger charge is -2.13. The van der Waals surface area contributed by atoms with Crippen LogP contribution in [-0.2, 0) is 24.0 Å². The van der Waals surface area contributed by atoms with Crippen molar-refractivity contribution in [3.8, 4) is 0 Å². The molecule has 0 amide bonds. The number of nitrogen functional groups attached to an aromatic ring is 1. The maximum absolute atomic E-state index is 12.0. The highest BCUT2D eigenvalue weighted by atomic mass is 19.4. The van der Waals surface area contributed by atoms with Crippen molar-refractivity contribution < 1.29 is 17.9 Å². The van der Waals surface area contributed by atoms with E-state index in [0.717, 1.165) is 43.4 Å². The smallest absolute Gasteiger partial charge is 0.372 e. The first-order chi connectivity index (χ1) is 9.99.